The van der Waals surface area contributed by atoms with Crippen LogP contribution in [0, 0.1) is 17.0 Å². The number of non-ortho nitro benzene ring substituents is 1. The molecule has 0 bridgehead atoms. The van der Waals surface area contributed by atoms with Gasteiger partial charge in [0.1, 0.15) is 6.04 Å². The van der Waals surface area contributed by atoms with Gasteiger partial charge in [-0.05, 0) is 79.8 Å². The highest BCUT2D eigenvalue weighted by molar-refractivity contribution is 7.99. The van der Waals surface area contributed by atoms with E-state index in [1.165, 1.54) is 17.8 Å². The molecule has 0 aliphatic carbocycles. The number of anilines is 1. The van der Waals surface area contributed by atoms with E-state index < -0.39 is 0 Å². The maximum Gasteiger partial charge on any atom is 0.269 e. The number of hydrogen-bond donors (Lipinski definition) is 1. The maximum atomic E-state index is 10.9. The van der Waals surface area contributed by atoms with Crippen molar-refractivity contribution in [2.75, 3.05) is 4.90 Å². The molecule has 1 fully saturated rings. The van der Waals surface area contributed by atoms with E-state index in [2.05, 4.69) is 58.0 Å². The summed E-state index contributed by atoms with van der Waals surface area (Å²) in [5.41, 5.74) is 4.33. The fourth-order valence-electron chi connectivity index (χ4n) is 4.31. The predicted octanol–water partition coefficient (Wildman–Crippen LogP) is 5.97. The average molecular weight is 502 g/mol. The first-order valence-electron chi connectivity index (χ1n) is 11.1. The molecule has 4 aromatic rings. The molecule has 9 heteroatoms. The smallest absolute Gasteiger partial charge is 0.269 e. The molecule has 1 saturated heterocycles. The number of aromatic nitrogens is 2. The predicted molar refractivity (Wildman–Crippen MR) is 142 cm³/mol. The SMILES string of the molecule is Cc1ccc([C@H]2[C@H](c3ccccn3)NC(=S)N2c2ccc(Sc3ccc([N+](=O)[O-])cc3)cc2)n1C. The van der Waals surface area contributed by atoms with Crippen molar-refractivity contribution in [2.24, 2.45) is 7.05 Å². The van der Waals surface area contributed by atoms with Crippen LogP contribution in [0.15, 0.2) is 94.9 Å². The Hall–Kier alpha value is -3.69. The van der Waals surface area contributed by atoms with E-state index in [0.717, 1.165) is 26.9 Å². The molecule has 2 aromatic carbocycles. The first kappa shape index (κ1) is 23.1. The Balaban J connectivity index is 1.45. The fourth-order valence-corrected chi connectivity index (χ4v) is 5.47. The lowest BCUT2D eigenvalue weighted by molar-refractivity contribution is -0.384. The summed E-state index contributed by atoms with van der Waals surface area (Å²) in [7, 11) is 2.07. The van der Waals surface area contributed by atoms with Crippen LogP contribution >= 0.6 is 24.0 Å². The first-order valence-corrected chi connectivity index (χ1v) is 12.3. The number of nitrogens with zero attached hydrogens (tertiary/aromatic N) is 4. The number of thiocarbonyl (C=S) groups is 1. The van der Waals surface area contributed by atoms with E-state index in [-0.39, 0.29) is 22.7 Å². The molecule has 5 rings (SSSR count). The van der Waals surface area contributed by atoms with Crippen molar-refractivity contribution >= 4 is 40.5 Å². The standard InChI is InChI=1S/C26H23N5O2S2/c1-17-6-15-23(29(17)2)25-24(22-5-3-4-16-27-22)28-26(34)30(25)18-7-11-20(12-8-18)35-21-13-9-19(10-14-21)31(32)33/h3-16,24-25H,1-2H3,(H,28,34)/t24-,25-/m0/s1. The molecule has 0 spiro atoms. The molecular formula is C26H23N5O2S2. The second-order valence-electron chi connectivity index (χ2n) is 8.30. The average Bonchev–Trinajstić information content (AvgIpc) is 3.38. The van der Waals surface area contributed by atoms with E-state index in [9.17, 15) is 10.1 Å². The number of rotatable bonds is 6. The monoisotopic (exact) mass is 501 g/mol. The van der Waals surface area contributed by atoms with Crippen molar-refractivity contribution in [3.63, 3.8) is 0 Å². The van der Waals surface area contributed by atoms with Crippen LogP contribution in [-0.4, -0.2) is 19.6 Å². The third kappa shape index (κ3) is 4.52. The number of hydrogen-bond acceptors (Lipinski definition) is 5. The molecule has 7 nitrogen and oxygen atoms in total. The van der Waals surface area contributed by atoms with Gasteiger partial charge in [0.2, 0.25) is 0 Å². The van der Waals surface area contributed by atoms with Crippen molar-refractivity contribution in [3.8, 4) is 0 Å². The lowest BCUT2D eigenvalue weighted by Gasteiger charge is -2.28. The largest absolute Gasteiger partial charge is 0.351 e. The van der Waals surface area contributed by atoms with Gasteiger partial charge < -0.3 is 14.8 Å². The van der Waals surface area contributed by atoms with Gasteiger partial charge >= 0.3 is 0 Å². The number of nitro benzene ring substituents is 1. The second kappa shape index (κ2) is 9.52. The van der Waals surface area contributed by atoms with Crippen LogP contribution in [-0.2, 0) is 7.05 Å². The Morgan fingerprint density at radius 2 is 1.69 bits per heavy atom. The Bertz CT molecular complexity index is 1370. The highest BCUT2D eigenvalue weighted by Gasteiger charge is 2.41. The van der Waals surface area contributed by atoms with Gasteiger partial charge in [0.25, 0.3) is 5.69 Å². The molecule has 0 radical (unpaired) electrons. The van der Waals surface area contributed by atoms with Gasteiger partial charge in [0, 0.05) is 52.2 Å². The van der Waals surface area contributed by atoms with Crippen molar-refractivity contribution in [2.45, 2.75) is 28.8 Å². The van der Waals surface area contributed by atoms with Crippen LogP contribution in [0.25, 0.3) is 0 Å². The normalized spacial score (nSPS) is 17.4. The highest BCUT2D eigenvalue weighted by atomic mass is 32.2. The number of benzene rings is 2. The molecule has 0 amide bonds. The van der Waals surface area contributed by atoms with Crippen LogP contribution in [0.5, 0.6) is 0 Å². The maximum absolute atomic E-state index is 10.9. The van der Waals surface area contributed by atoms with Crippen molar-refractivity contribution in [1.29, 1.82) is 0 Å². The van der Waals surface area contributed by atoms with Crippen LogP contribution in [0.1, 0.15) is 29.2 Å². The molecule has 35 heavy (non-hydrogen) atoms. The molecule has 1 N–H and O–H groups in total. The number of pyridine rings is 1. The van der Waals surface area contributed by atoms with Crippen LogP contribution in [0.3, 0.4) is 0 Å². The Kier molecular flexibility index (Phi) is 6.27. The van der Waals surface area contributed by atoms with Crippen LogP contribution in [0.2, 0.25) is 0 Å². The van der Waals surface area contributed by atoms with E-state index in [4.69, 9.17) is 12.2 Å². The Labute approximate surface area is 213 Å². The van der Waals surface area contributed by atoms with E-state index >= 15 is 0 Å². The minimum Gasteiger partial charge on any atom is -0.351 e. The van der Waals surface area contributed by atoms with E-state index in [1.54, 1.807) is 30.1 Å². The van der Waals surface area contributed by atoms with Gasteiger partial charge in [-0.25, -0.2) is 0 Å². The van der Waals surface area contributed by atoms with Gasteiger partial charge in [0.05, 0.1) is 16.7 Å². The third-order valence-electron chi connectivity index (χ3n) is 6.21. The Morgan fingerprint density at radius 3 is 2.26 bits per heavy atom. The van der Waals surface area contributed by atoms with Gasteiger partial charge in [0.15, 0.2) is 5.11 Å². The fraction of sp³-hybridized carbons (Fsp3) is 0.154. The molecule has 3 heterocycles. The number of nitrogens with one attached hydrogen (secondary N) is 1. The third-order valence-corrected chi connectivity index (χ3v) is 7.54. The van der Waals surface area contributed by atoms with E-state index in [0.29, 0.717) is 5.11 Å². The van der Waals surface area contributed by atoms with Gasteiger partial charge in [-0.15, -0.1) is 0 Å². The van der Waals surface area contributed by atoms with Crippen molar-refractivity contribution in [1.82, 2.24) is 14.9 Å². The lowest BCUT2D eigenvalue weighted by Crippen LogP contribution is -2.30. The molecule has 1 aliphatic heterocycles. The number of nitro groups is 1. The summed E-state index contributed by atoms with van der Waals surface area (Å²) in [6.07, 6.45) is 1.81. The van der Waals surface area contributed by atoms with Crippen LogP contribution < -0.4 is 10.2 Å². The number of aryl methyl sites for hydroxylation is 1. The molecule has 2 aromatic heterocycles. The highest BCUT2D eigenvalue weighted by Crippen LogP contribution is 2.42. The molecule has 0 unspecified atom stereocenters. The molecule has 176 valence electrons. The van der Waals surface area contributed by atoms with Gasteiger partial charge in [-0.1, -0.05) is 17.8 Å². The van der Waals surface area contributed by atoms with E-state index in [1.807, 2.05) is 30.3 Å². The van der Waals surface area contributed by atoms with Gasteiger partial charge in [-0.2, -0.15) is 0 Å². The summed E-state index contributed by atoms with van der Waals surface area (Å²) in [5.74, 6) is 0. The first-order chi connectivity index (χ1) is 16.9. The summed E-state index contributed by atoms with van der Waals surface area (Å²) in [4.78, 5) is 19.2. The summed E-state index contributed by atoms with van der Waals surface area (Å²) in [5, 5.41) is 15.0. The van der Waals surface area contributed by atoms with Gasteiger partial charge in [-0.3, -0.25) is 15.1 Å². The lowest BCUT2D eigenvalue weighted by atomic mass is 10.0. The zero-order valence-corrected chi connectivity index (χ0v) is 20.8. The molecule has 2 atom stereocenters. The quantitative estimate of drug-likeness (QED) is 0.198. The summed E-state index contributed by atoms with van der Waals surface area (Å²) in [6, 6.07) is 24.8. The van der Waals surface area contributed by atoms with Crippen LogP contribution in [0.4, 0.5) is 11.4 Å². The molecule has 1 aliphatic rings. The van der Waals surface area contributed by atoms with Crippen molar-refractivity contribution in [3.05, 3.63) is 112 Å². The topological polar surface area (TPSA) is 76.2 Å². The zero-order valence-electron chi connectivity index (χ0n) is 19.2. The Morgan fingerprint density at radius 1 is 1.00 bits per heavy atom. The summed E-state index contributed by atoms with van der Waals surface area (Å²) < 4.78 is 2.20. The summed E-state index contributed by atoms with van der Waals surface area (Å²) >= 11 is 7.37. The molecular weight excluding hydrogens is 478 g/mol. The zero-order chi connectivity index (χ0) is 24.5. The minimum atomic E-state index is -0.390. The summed E-state index contributed by atoms with van der Waals surface area (Å²) in [6.45, 7) is 2.09. The minimum absolute atomic E-state index is 0.0655. The second-order valence-corrected chi connectivity index (χ2v) is 9.84. The van der Waals surface area contributed by atoms with Crippen molar-refractivity contribution < 1.29 is 4.92 Å². The molecule has 0 saturated carbocycles.